The molecule has 0 atom stereocenters. The molecule has 0 aliphatic rings. The molecule has 0 aliphatic heterocycles. The van der Waals surface area contributed by atoms with Gasteiger partial charge in [0.15, 0.2) is 5.78 Å². The molecule has 1 N–H and O–H groups in total. The molecule has 7 nitrogen and oxygen atoms in total. The largest absolute Gasteiger partial charge is 0.358 e. The number of hydrogen-bond acceptors (Lipinski definition) is 5. The number of nitro groups is 1. The van der Waals surface area contributed by atoms with Crippen molar-refractivity contribution in [3.05, 3.63) is 39.9 Å². The molecule has 0 saturated heterocycles. The molecule has 0 bridgehead atoms. The topological polar surface area (TPSA) is 92.6 Å². The van der Waals surface area contributed by atoms with E-state index in [9.17, 15) is 19.7 Å². The summed E-state index contributed by atoms with van der Waals surface area (Å²) in [6.45, 7) is 2.75. The number of Topliss-reactive ketones (excluding diaryl/α,β-unsaturated/α-hetero) is 1. The Balaban J connectivity index is 2.79. The first-order valence-electron chi connectivity index (χ1n) is 6.68. The molecule has 21 heavy (non-hydrogen) atoms. The average Bonchev–Trinajstić information content (AvgIpc) is 2.47. The van der Waals surface area contributed by atoms with Gasteiger partial charge in [0.25, 0.3) is 5.69 Å². The van der Waals surface area contributed by atoms with Gasteiger partial charge >= 0.3 is 0 Å². The number of amides is 1. The Morgan fingerprint density at radius 1 is 1.33 bits per heavy atom. The molecule has 0 fully saturated rings. The summed E-state index contributed by atoms with van der Waals surface area (Å²) in [6.07, 6.45) is 0.805. The van der Waals surface area contributed by atoms with Crippen molar-refractivity contribution in [2.45, 2.75) is 13.3 Å². The van der Waals surface area contributed by atoms with Gasteiger partial charge in [-0.1, -0.05) is 19.1 Å². The minimum atomic E-state index is -0.537. The summed E-state index contributed by atoms with van der Waals surface area (Å²) in [5.74, 6) is -0.411. The third-order valence-corrected chi connectivity index (χ3v) is 2.93. The van der Waals surface area contributed by atoms with Crippen molar-refractivity contribution in [2.24, 2.45) is 0 Å². The summed E-state index contributed by atoms with van der Waals surface area (Å²) in [4.78, 5) is 35.5. The van der Waals surface area contributed by atoms with Gasteiger partial charge in [-0.2, -0.15) is 0 Å². The number of non-ortho nitro benzene ring substituents is 1. The second-order valence-corrected chi connectivity index (χ2v) is 4.61. The van der Waals surface area contributed by atoms with E-state index >= 15 is 0 Å². The third-order valence-electron chi connectivity index (χ3n) is 2.93. The molecule has 0 radical (unpaired) electrons. The average molecular weight is 293 g/mol. The standard InChI is InChI=1S/C14H19N3O4/c1-3-7-16(10-14(19)15-2)9-13(18)11-5-4-6-12(8-11)17(20)21/h4-6,8H,3,7,9-10H2,1-2H3,(H,15,19). The molecule has 0 unspecified atom stereocenters. The number of nitrogens with zero attached hydrogens (tertiary/aromatic N) is 2. The lowest BCUT2D eigenvalue weighted by Gasteiger charge is -2.19. The molecular weight excluding hydrogens is 274 g/mol. The lowest BCUT2D eigenvalue weighted by molar-refractivity contribution is -0.384. The molecule has 1 amide bonds. The lowest BCUT2D eigenvalue weighted by Crippen LogP contribution is -2.39. The maximum Gasteiger partial charge on any atom is 0.270 e. The van der Waals surface area contributed by atoms with E-state index in [-0.39, 0.29) is 36.0 Å². The fourth-order valence-corrected chi connectivity index (χ4v) is 1.90. The van der Waals surface area contributed by atoms with Crippen molar-refractivity contribution in [1.29, 1.82) is 0 Å². The Morgan fingerprint density at radius 3 is 2.62 bits per heavy atom. The highest BCUT2D eigenvalue weighted by atomic mass is 16.6. The van der Waals surface area contributed by atoms with Gasteiger partial charge in [-0.3, -0.25) is 24.6 Å². The quantitative estimate of drug-likeness (QED) is 0.442. The van der Waals surface area contributed by atoms with Crippen LogP contribution in [0.5, 0.6) is 0 Å². The van der Waals surface area contributed by atoms with E-state index in [0.29, 0.717) is 6.54 Å². The van der Waals surface area contributed by atoms with Crippen molar-refractivity contribution < 1.29 is 14.5 Å². The van der Waals surface area contributed by atoms with Crippen LogP contribution in [0.3, 0.4) is 0 Å². The normalized spacial score (nSPS) is 10.4. The van der Waals surface area contributed by atoms with Crippen LogP contribution in [-0.2, 0) is 4.79 Å². The maximum atomic E-state index is 12.2. The van der Waals surface area contributed by atoms with Gasteiger partial charge in [0.1, 0.15) is 0 Å². The number of rotatable bonds is 8. The molecule has 0 heterocycles. The fourth-order valence-electron chi connectivity index (χ4n) is 1.90. The van der Waals surface area contributed by atoms with Crippen LogP contribution in [0.2, 0.25) is 0 Å². The predicted octanol–water partition coefficient (Wildman–Crippen LogP) is 1.24. The molecule has 1 aromatic carbocycles. The Morgan fingerprint density at radius 2 is 2.05 bits per heavy atom. The minimum absolute atomic E-state index is 0.0580. The van der Waals surface area contributed by atoms with E-state index in [1.807, 2.05) is 6.92 Å². The molecule has 0 spiro atoms. The molecule has 7 heteroatoms. The predicted molar refractivity (Wildman–Crippen MR) is 78.2 cm³/mol. The van der Waals surface area contributed by atoms with E-state index < -0.39 is 4.92 Å². The van der Waals surface area contributed by atoms with Gasteiger partial charge < -0.3 is 5.32 Å². The van der Waals surface area contributed by atoms with Crippen LogP contribution < -0.4 is 5.32 Å². The number of nitrogens with one attached hydrogen (secondary N) is 1. The number of ketones is 1. The number of likely N-dealkylation sites (N-methyl/N-ethyl adjacent to an activating group) is 1. The second kappa shape index (κ2) is 8.11. The minimum Gasteiger partial charge on any atom is -0.358 e. The van der Waals surface area contributed by atoms with E-state index in [0.717, 1.165) is 6.42 Å². The van der Waals surface area contributed by atoms with Crippen LogP contribution in [0.25, 0.3) is 0 Å². The zero-order chi connectivity index (χ0) is 15.8. The molecule has 114 valence electrons. The number of carbonyl (C=O) groups excluding carboxylic acids is 2. The Hall–Kier alpha value is -2.28. The van der Waals surface area contributed by atoms with Crippen LogP contribution >= 0.6 is 0 Å². The van der Waals surface area contributed by atoms with E-state index in [1.54, 1.807) is 11.0 Å². The zero-order valence-corrected chi connectivity index (χ0v) is 12.2. The number of nitro benzene ring substituents is 1. The third kappa shape index (κ3) is 5.31. The summed E-state index contributed by atoms with van der Waals surface area (Å²) in [5, 5.41) is 13.2. The van der Waals surface area contributed by atoms with Crippen molar-refractivity contribution in [3.63, 3.8) is 0 Å². The van der Waals surface area contributed by atoms with Crippen LogP contribution in [0.15, 0.2) is 24.3 Å². The summed E-state index contributed by atoms with van der Waals surface area (Å²) in [5.41, 5.74) is 0.163. The van der Waals surface area contributed by atoms with Gasteiger partial charge in [0.2, 0.25) is 5.91 Å². The molecule has 0 saturated carbocycles. The first-order chi connectivity index (χ1) is 9.97. The summed E-state index contributed by atoms with van der Waals surface area (Å²) < 4.78 is 0. The Bertz CT molecular complexity index is 531. The SMILES string of the molecule is CCCN(CC(=O)NC)CC(=O)c1cccc([N+](=O)[O-])c1. The smallest absolute Gasteiger partial charge is 0.270 e. The molecule has 0 aromatic heterocycles. The molecular formula is C14H19N3O4. The van der Waals surface area contributed by atoms with E-state index in [4.69, 9.17) is 0 Å². The van der Waals surface area contributed by atoms with Crippen LogP contribution in [0, 0.1) is 10.1 Å². The monoisotopic (exact) mass is 293 g/mol. The van der Waals surface area contributed by atoms with Crippen LogP contribution in [0.1, 0.15) is 23.7 Å². The number of hydrogen-bond donors (Lipinski definition) is 1. The first kappa shape index (κ1) is 16.8. The zero-order valence-electron chi connectivity index (χ0n) is 12.2. The van der Waals surface area contributed by atoms with Gasteiger partial charge in [-0.15, -0.1) is 0 Å². The highest BCUT2D eigenvalue weighted by molar-refractivity contribution is 5.98. The highest BCUT2D eigenvalue weighted by Gasteiger charge is 2.16. The van der Waals surface area contributed by atoms with Crippen molar-refractivity contribution >= 4 is 17.4 Å². The van der Waals surface area contributed by atoms with Gasteiger partial charge in [0.05, 0.1) is 18.0 Å². The summed E-state index contributed by atoms with van der Waals surface area (Å²) in [7, 11) is 1.54. The van der Waals surface area contributed by atoms with E-state index in [1.165, 1.54) is 25.2 Å². The first-order valence-corrected chi connectivity index (χ1v) is 6.68. The number of benzene rings is 1. The highest BCUT2D eigenvalue weighted by Crippen LogP contribution is 2.14. The fraction of sp³-hybridized carbons (Fsp3) is 0.429. The molecule has 0 aliphatic carbocycles. The maximum absolute atomic E-state index is 12.2. The Labute approximate surface area is 123 Å². The number of carbonyl (C=O) groups is 2. The summed E-state index contributed by atoms with van der Waals surface area (Å²) >= 11 is 0. The molecule has 1 aromatic rings. The van der Waals surface area contributed by atoms with Gasteiger partial charge in [-0.25, -0.2) is 0 Å². The van der Waals surface area contributed by atoms with Gasteiger partial charge in [-0.05, 0) is 13.0 Å². The van der Waals surface area contributed by atoms with Crippen molar-refractivity contribution in [3.8, 4) is 0 Å². The van der Waals surface area contributed by atoms with Crippen LogP contribution in [-0.4, -0.2) is 48.2 Å². The lowest BCUT2D eigenvalue weighted by atomic mass is 10.1. The van der Waals surface area contributed by atoms with Crippen molar-refractivity contribution in [2.75, 3.05) is 26.7 Å². The summed E-state index contributed by atoms with van der Waals surface area (Å²) in [6, 6.07) is 5.62. The van der Waals surface area contributed by atoms with E-state index in [2.05, 4.69) is 5.32 Å². The molecule has 1 rings (SSSR count). The van der Waals surface area contributed by atoms with Crippen LogP contribution in [0.4, 0.5) is 5.69 Å². The van der Waals surface area contributed by atoms with Crippen molar-refractivity contribution in [1.82, 2.24) is 10.2 Å². The second-order valence-electron chi connectivity index (χ2n) is 4.61. The van der Waals surface area contributed by atoms with Gasteiger partial charge in [0, 0.05) is 24.7 Å². The Kier molecular flexibility index (Phi) is 6.48.